The third-order valence-electron chi connectivity index (χ3n) is 14.1. The zero-order valence-corrected chi connectivity index (χ0v) is 44.0. The van der Waals surface area contributed by atoms with E-state index in [9.17, 15) is 9.59 Å². The second-order valence-corrected chi connectivity index (χ2v) is 20.3. The number of nitrogens with zero attached hydrogens (tertiary/aromatic N) is 2. The van der Waals surface area contributed by atoms with Gasteiger partial charge in [0.2, 0.25) is 0 Å². The second kappa shape index (κ2) is 47.6. The SMILES string of the molecule is CCCCCCCCCCCCCN(CCCCCCCCCCCCC)C(=O)c1ccccc1C(=O)N(CCCCCCCCCCCCC)CCCCCCCCCCCCC. The summed E-state index contributed by atoms with van der Waals surface area (Å²) < 4.78 is 0. The van der Waals surface area contributed by atoms with Gasteiger partial charge in [-0.05, 0) is 37.8 Å². The molecule has 0 unspecified atom stereocenters. The summed E-state index contributed by atoms with van der Waals surface area (Å²) in [5.41, 5.74) is 1.25. The largest absolute Gasteiger partial charge is 0.339 e. The lowest BCUT2D eigenvalue weighted by molar-refractivity contribution is 0.0710. The van der Waals surface area contributed by atoms with Crippen molar-refractivity contribution in [1.82, 2.24) is 9.80 Å². The Bertz CT molecular complexity index is 995. The van der Waals surface area contributed by atoms with Crippen LogP contribution in [0, 0.1) is 0 Å². The van der Waals surface area contributed by atoms with Gasteiger partial charge in [-0.2, -0.15) is 0 Å². The van der Waals surface area contributed by atoms with Gasteiger partial charge < -0.3 is 9.80 Å². The first kappa shape index (κ1) is 60.2. The third-order valence-corrected chi connectivity index (χ3v) is 14.1. The van der Waals surface area contributed by atoms with Crippen molar-refractivity contribution < 1.29 is 9.59 Å². The van der Waals surface area contributed by atoms with Crippen LogP contribution in [0.3, 0.4) is 0 Å². The Labute approximate surface area is 401 Å². The van der Waals surface area contributed by atoms with E-state index in [0.717, 1.165) is 51.9 Å². The zero-order chi connectivity index (χ0) is 46.2. The molecule has 0 aliphatic heterocycles. The Balaban J connectivity index is 2.89. The Morgan fingerprint density at radius 3 is 0.594 bits per heavy atom. The van der Waals surface area contributed by atoms with Crippen LogP contribution >= 0.6 is 0 Å². The number of rotatable bonds is 50. The van der Waals surface area contributed by atoms with Gasteiger partial charge >= 0.3 is 0 Å². The molecule has 4 nitrogen and oxygen atoms in total. The van der Waals surface area contributed by atoms with E-state index in [2.05, 4.69) is 37.5 Å². The molecular formula is C60H112N2O2. The molecule has 0 spiro atoms. The fourth-order valence-electron chi connectivity index (χ4n) is 9.69. The molecular weight excluding hydrogens is 781 g/mol. The highest BCUT2D eigenvalue weighted by Crippen LogP contribution is 2.21. The first-order valence-corrected chi connectivity index (χ1v) is 29.3. The Hall–Kier alpha value is -1.84. The standard InChI is InChI=1S/C60H112N2O2/c1-5-9-13-17-21-25-29-33-37-41-47-53-61(54-48-42-38-34-30-26-22-18-14-10-6-2)59(63)57-51-45-46-52-58(57)60(64)62(55-49-43-39-35-31-27-23-19-15-11-7-3)56-50-44-40-36-32-28-24-20-16-12-8-4/h45-46,51-52H,5-44,47-50,53-56H2,1-4H3. The van der Waals surface area contributed by atoms with E-state index in [0.29, 0.717) is 11.1 Å². The molecule has 0 saturated carbocycles. The van der Waals surface area contributed by atoms with Crippen LogP contribution in [0.2, 0.25) is 0 Å². The molecule has 0 fully saturated rings. The molecule has 0 radical (unpaired) electrons. The first-order valence-electron chi connectivity index (χ1n) is 29.3. The highest BCUT2D eigenvalue weighted by Gasteiger charge is 2.24. The van der Waals surface area contributed by atoms with Gasteiger partial charge in [0.1, 0.15) is 0 Å². The van der Waals surface area contributed by atoms with Crippen LogP contribution in [0.25, 0.3) is 0 Å². The van der Waals surface area contributed by atoms with Gasteiger partial charge in [-0.25, -0.2) is 0 Å². The van der Waals surface area contributed by atoms with Crippen molar-refractivity contribution >= 4 is 11.8 Å². The van der Waals surface area contributed by atoms with Gasteiger partial charge in [-0.1, -0.05) is 297 Å². The topological polar surface area (TPSA) is 40.6 Å². The van der Waals surface area contributed by atoms with E-state index in [4.69, 9.17) is 0 Å². The number of benzene rings is 1. The zero-order valence-electron chi connectivity index (χ0n) is 44.0. The molecule has 1 rings (SSSR count). The Morgan fingerprint density at radius 2 is 0.422 bits per heavy atom. The molecule has 0 aromatic heterocycles. The fraction of sp³-hybridized carbons (Fsp3) is 0.867. The lowest BCUT2D eigenvalue weighted by Gasteiger charge is -2.27. The van der Waals surface area contributed by atoms with Gasteiger partial charge in [0.25, 0.3) is 11.8 Å². The third kappa shape index (κ3) is 35.4. The van der Waals surface area contributed by atoms with Crippen LogP contribution in [0.5, 0.6) is 0 Å². The molecule has 374 valence electrons. The molecule has 0 atom stereocenters. The van der Waals surface area contributed by atoms with E-state index in [1.54, 1.807) is 0 Å². The maximum absolute atomic E-state index is 14.6. The first-order chi connectivity index (χ1) is 31.6. The summed E-state index contributed by atoms with van der Waals surface area (Å²) in [6.45, 7) is 12.4. The number of carbonyl (C=O) groups excluding carboxylic acids is 2. The minimum Gasteiger partial charge on any atom is -0.339 e. The number of carbonyl (C=O) groups is 2. The van der Waals surface area contributed by atoms with Crippen molar-refractivity contribution in [2.45, 2.75) is 310 Å². The van der Waals surface area contributed by atoms with E-state index in [1.165, 1.54) is 257 Å². The number of amides is 2. The molecule has 4 heteroatoms. The number of hydrogen-bond donors (Lipinski definition) is 0. The van der Waals surface area contributed by atoms with Gasteiger partial charge in [-0.15, -0.1) is 0 Å². The van der Waals surface area contributed by atoms with Crippen molar-refractivity contribution in [2.24, 2.45) is 0 Å². The average Bonchev–Trinajstić information content (AvgIpc) is 3.31. The molecule has 0 N–H and O–H groups in total. The van der Waals surface area contributed by atoms with E-state index in [1.807, 2.05) is 24.3 Å². The number of unbranched alkanes of at least 4 members (excludes halogenated alkanes) is 40. The van der Waals surface area contributed by atoms with Crippen LogP contribution in [0.4, 0.5) is 0 Å². The highest BCUT2D eigenvalue weighted by atomic mass is 16.2. The van der Waals surface area contributed by atoms with Crippen LogP contribution in [0.1, 0.15) is 331 Å². The van der Waals surface area contributed by atoms with Gasteiger partial charge in [0.15, 0.2) is 0 Å². The molecule has 0 saturated heterocycles. The van der Waals surface area contributed by atoms with Crippen molar-refractivity contribution in [3.05, 3.63) is 35.4 Å². The summed E-state index contributed by atoms with van der Waals surface area (Å²) in [4.78, 5) is 33.4. The van der Waals surface area contributed by atoms with Crippen molar-refractivity contribution in [2.75, 3.05) is 26.2 Å². The van der Waals surface area contributed by atoms with Crippen LogP contribution in [0.15, 0.2) is 24.3 Å². The highest BCUT2D eigenvalue weighted by molar-refractivity contribution is 6.07. The molecule has 0 aliphatic rings. The maximum Gasteiger partial charge on any atom is 0.254 e. The summed E-state index contributed by atoms with van der Waals surface area (Å²) in [7, 11) is 0. The predicted octanol–water partition coefficient (Wildman–Crippen LogP) is 19.8. The molecule has 64 heavy (non-hydrogen) atoms. The second-order valence-electron chi connectivity index (χ2n) is 20.3. The van der Waals surface area contributed by atoms with E-state index < -0.39 is 0 Å². The molecule has 0 aliphatic carbocycles. The predicted molar refractivity (Wildman–Crippen MR) is 284 cm³/mol. The lowest BCUT2D eigenvalue weighted by Crippen LogP contribution is -2.37. The van der Waals surface area contributed by atoms with Crippen LogP contribution < -0.4 is 0 Å². The smallest absolute Gasteiger partial charge is 0.254 e. The minimum atomic E-state index is 0.0763. The molecule has 0 bridgehead atoms. The summed E-state index contributed by atoms with van der Waals surface area (Å²) in [6.07, 6.45) is 57.6. The molecule has 0 heterocycles. The summed E-state index contributed by atoms with van der Waals surface area (Å²) in [5, 5.41) is 0. The maximum atomic E-state index is 14.6. The molecule has 1 aromatic rings. The number of hydrogen-bond acceptors (Lipinski definition) is 2. The van der Waals surface area contributed by atoms with Crippen molar-refractivity contribution in [3.63, 3.8) is 0 Å². The minimum absolute atomic E-state index is 0.0763. The summed E-state index contributed by atoms with van der Waals surface area (Å²) in [5.74, 6) is 0.153. The van der Waals surface area contributed by atoms with Crippen LogP contribution in [-0.4, -0.2) is 47.8 Å². The molecule has 1 aromatic carbocycles. The van der Waals surface area contributed by atoms with E-state index >= 15 is 0 Å². The quantitative estimate of drug-likeness (QED) is 0.0612. The summed E-state index contributed by atoms with van der Waals surface area (Å²) >= 11 is 0. The van der Waals surface area contributed by atoms with Crippen molar-refractivity contribution in [3.8, 4) is 0 Å². The van der Waals surface area contributed by atoms with Gasteiger partial charge in [0, 0.05) is 26.2 Å². The van der Waals surface area contributed by atoms with Gasteiger partial charge in [0.05, 0.1) is 11.1 Å². The Morgan fingerprint density at radius 1 is 0.266 bits per heavy atom. The van der Waals surface area contributed by atoms with Gasteiger partial charge in [-0.3, -0.25) is 9.59 Å². The fourth-order valence-corrected chi connectivity index (χ4v) is 9.69. The van der Waals surface area contributed by atoms with Crippen LogP contribution in [-0.2, 0) is 0 Å². The monoisotopic (exact) mass is 893 g/mol. The Kier molecular flexibility index (Phi) is 44.8. The normalized spacial score (nSPS) is 11.4. The van der Waals surface area contributed by atoms with Crippen molar-refractivity contribution in [1.29, 1.82) is 0 Å². The summed E-state index contributed by atoms with van der Waals surface area (Å²) in [6, 6.07) is 7.86. The molecule has 2 amide bonds. The average molecular weight is 894 g/mol. The lowest BCUT2D eigenvalue weighted by atomic mass is 10.0. The van der Waals surface area contributed by atoms with E-state index in [-0.39, 0.29) is 11.8 Å².